The highest BCUT2D eigenvalue weighted by Gasteiger charge is 2.48. The number of fused-ring (bicyclic) bond motifs is 2. The first-order chi connectivity index (χ1) is 16.3. The van der Waals surface area contributed by atoms with Crippen molar-refractivity contribution in [2.24, 2.45) is 0 Å². The number of piperidine rings is 1. The number of alkyl halides is 3. The van der Waals surface area contributed by atoms with E-state index in [1.807, 2.05) is 18.2 Å². The van der Waals surface area contributed by atoms with Crippen LogP contribution < -0.4 is 5.32 Å². The average Bonchev–Trinajstić information content (AvgIpc) is 2.79. The van der Waals surface area contributed by atoms with E-state index < -0.39 is 22.2 Å². The van der Waals surface area contributed by atoms with Crippen molar-refractivity contribution < 1.29 is 31.5 Å². The minimum absolute atomic E-state index is 0.239. The summed E-state index contributed by atoms with van der Waals surface area (Å²) in [6.45, 7) is 3.04. The molecule has 4 rings (SSSR count). The molecule has 192 valence electrons. The Balaban J connectivity index is 0.000000429. The van der Waals surface area contributed by atoms with Crippen molar-refractivity contribution in [2.45, 2.75) is 35.9 Å². The van der Waals surface area contributed by atoms with Crippen LogP contribution in [0.3, 0.4) is 0 Å². The van der Waals surface area contributed by atoms with Gasteiger partial charge in [0.1, 0.15) is 4.90 Å². The molecule has 3 heterocycles. The van der Waals surface area contributed by atoms with Crippen molar-refractivity contribution in [1.29, 1.82) is 0 Å². The summed E-state index contributed by atoms with van der Waals surface area (Å²) in [7, 11) is -0.151. The lowest BCUT2D eigenvalue weighted by molar-refractivity contribution is -0.192. The molecule has 0 unspecified atom stereocenters. The van der Waals surface area contributed by atoms with Gasteiger partial charge in [0.25, 0.3) is 0 Å². The number of sulfonamides is 1. The van der Waals surface area contributed by atoms with Gasteiger partial charge in [-0.1, -0.05) is 23.7 Å². The molecule has 2 aliphatic heterocycles. The van der Waals surface area contributed by atoms with E-state index in [4.69, 9.17) is 21.5 Å². The fraction of sp³-hybridized carbons (Fsp3) is 0.476. The fourth-order valence-electron chi connectivity index (χ4n) is 4.24. The van der Waals surface area contributed by atoms with Crippen LogP contribution >= 0.6 is 11.6 Å². The van der Waals surface area contributed by atoms with Gasteiger partial charge >= 0.3 is 12.1 Å². The molecule has 0 aliphatic carbocycles. The van der Waals surface area contributed by atoms with Gasteiger partial charge in [-0.2, -0.15) is 17.5 Å². The van der Waals surface area contributed by atoms with Gasteiger partial charge < -0.3 is 10.4 Å². The largest absolute Gasteiger partial charge is 0.490 e. The van der Waals surface area contributed by atoms with Gasteiger partial charge in [0.05, 0.1) is 11.9 Å². The molecule has 1 saturated heterocycles. The van der Waals surface area contributed by atoms with Crippen LogP contribution in [0.1, 0.15) is 24.1 Å². The summed E-state index contributed by atoms with van der Waals surface area (Å²) in [6, 6.07) is 7.93. The van der Waals surface area contributed by atoms with Gasteiger partial charge in [0.15, 0.2) is 0 Å². The van der Waals surface area contributed by atoms with Gasteiger partial charge in [-0.15, -0.1) is 0 Å². The van der Waals surface area contributed by atoms with E-state index in [1.165, 1.54) is 16.1 Å². The quantitative estimate of drug-likeness (QED) is 0.616. The molecular formula is C21H25ClF3N5O4S. The Kier molecular flexibility index (Phi) is 7.94. The molecule has 0 radical (unpaired) electrons. The normalized spacial score (nSPS) is 19.4. The Hall–Kier alpha value is -2.48. The lowest BCUT2D eigenvalue weighted by atomic mass is 9.75. The molecule has 35 heavy (non-hydrogen) atoms. The highest BCUT2D eigenvalue weighted by Crippen LogP contribution is 2.43. The molecule has 0 amide bonds. The smallest absolute Gasteiger partial charge is 0.475 e. The molecule has 14 heteroatoms. The summed E-state index contributed by atoms with van der Waals surface area (Å²) in [6.07, 6.45) is -1.94. The van der Waals surface area contributed by atoms with Crippen LogP contribution in [0.4, 0.5) is 19.1 Å². The number of benzene rings is 1. The molecule has 2 aromatic rings. The van der Waals surface area contributed by atoms with E-state index in [1.54, 1.807) is 14.1 Å². The highest BCUT2D eigenvalue weighted by molar-refractivity contribution is 7.89. The Morgan fingerprint density at radius 3 is 2.46 bits per heavy atom. The van der Waals surface area contributed by atoms with E-state index in [9.17, 15) is 21.6 Å². The van der Waals surface area contributed by atoms with Crippen molar-refractivity contribution in [3.63, 3.8) is 0 Å². The molecule has 1 aromatic carbocycles. The molecular weight excluding hydrogens is 511 g/mol. The van der Waals surface area contributed by atoms with Gasteiger partial charge in [0, 0.05) is 37.6 Å². The van der Waals surface area contributed by atoms with E-state index in [0.717, 1.165) is 37.5 Å². The zero-order valence-electron chi connectivity index (χ0n) is 19.0. The SMILES string of the molecule is CNc1ncc2c(n1)C1(CCN(Cc3cccc(Cl)c3)CC1)CN(C)S2(=O)=O.O=C(O)C(F)(F)F. The maximum absolute atomic E-state index is 12.8. The predicted octanol–water partition coefficient (Wildman–Crippen LogP) is 2.97. The summed E-state index contributed by atoms with van der Waals surface area (Å²) in [5, 5.41) is 10.8. The third kappa shape index (κ3) is 6.02. The first-order valence-electron chi connectivity index (χ1n) is 10.6. The van der Waals surface area contributed by atoms with Gasteiger partial charge in [0.2, 0.25) is 16.0 Å². The summed E-state index contributed by atoms with van der Waals surface area (Å²) >= 11 is 6.11. The zero-order valence-corrected chi connectivity index (χ0v) is 20.6. The minimum atomic E-state index is -5.08. The van der Waals surface area contributed by atoms with E-state index >= 15 is 0 Å². The molecule has 9 nitrogen and oxygen atoms in total. The van der Waals surface area contributed by atoms with Crippen LogP contribution in [0.5, 0.6) is 0 Å². The highest BCUT2D eigenvalue weighted by atomic mass is 35.5. The molecule has 2 aliphatic rings. The second-order valence-corrected chi connectivity index (χ2v) is 10.9. The number of aromatic nitrogens is 2. The molecule has 0 bridgehead atoms. The van der Waals surface area contributed by atoms with Crippen molar-refractivity contribution in [1.82, 2.24) is 19.2 Å². The Morgan fingerprint density at radius 2 is 1.91 bits per heavy atom. The summed E-state index contributed by atoms with van der Waals surface area (Å²) in [5.74, 6) is -2.30. The fourth-order valence-corrected chi connectivity index (χ4v) is 5.90. The number of anilines is 1. The standard InChI is InChI=1S/C19H24ClN5O2S.C2HF3O2/c1-21-18-22-11-16-17(23-18)19(13-24(2)28(16,26)27)6-8-25(9-7-19)12-14-4-3-5-15(20)10-14;3-2(4,5)1(6)7/h3-5,10-11H,6-9,12-13H2,1-2H3,(H,21,22,23);(H,6,7). The number of rotatable bonds is 3. The van der Waals surface area contributed by atoms with Crippen LogP contribution in [0.15, 0.2) is 35.4 Å². The van der Waals surface area contributed by atoms with Crippen LogP contribution in [-0.4, -0.2) is 78.6 Å². The van der Waals surface area contributed by atoms with Crippen molar-refractivity contribution in [2.75, 3.05) is 39.0 Å². The first kappa shape index (κ1) is 27.1. The number of halogens is 4. The topological polar surface area (TPSA) is 116 Å². The Bertz CT molecular complexity index is 1190. The second kappa shape index (κ2) is 10.2. The van der Waals surface area contributed by atoms with Crippen LogP contribution in [-0.2, 0) is 26.8 Å². The predicted molar refractivity (Wildman–Crippen MR) is 123 cm³/mol. The number of hydrogen-bond acceptors (Lipinski definition) is 7. The van der Waals surface area contributed by atoms with E-state index in [-0.39, 0.29) is 10.3 Å². The lowest BCUT2D eigenvalue weighted by Gasteiger charge is -2.46. The minimum Gasteiger partial charge on any atom is -0.475 e. The van der Waals surface area contributed by atoms with Crippen molar-refractivity contribution in [3.05, 3.63) is 46.7 Å². The molecule has 1 aromatic heterocycles. The number of likely N-dealkylation sites (N-methyl/N-ethyl adjacent to an activating group) is 1. The molecule has 0 atom stereocenters. The third-order valence-corrected chi connectivity index (χ3v) is 8.08. The van der Waals surface area contributed by atoms with Crippen LogP contribution in [0.2, 0.25) is 5.02 Å². The van der Waals surface area contributed by atoms with Crippen LogP contribution in [0, 0.1) is 0 Å². The number of carbonyl (C=O) groups is 1. The number of likely N-dealkylation sites (tertiary alicyclic amines) is 1. The van der Waals surface area contributed by atoms with Gasteiger partial charge in [-0.25, -0.2) is 23.2 Å². The van der Waals surface area contributed by atoms with Crippen molar-refractivity contribution in [3.8, 4) is 0 Å². The number of nitrogens with zero attached hydrogens (tertiary/aromatic N) is 4. The molecule has 1 fully saturated rings. The van der Waals surface area contributed by atoms with Gasteiger partial charge in [-0.05, 0) is 43.6 Å². The Labute approximate surface area is 206 Å². The number of carboxylic acid groups (broad SMARTS) is 1. The summed E-state index contributed by atoms with van der Waals surface area (Å²) < 4.78 is 58.7. The van der Waals surface area contributed by atoms with Crippen molar-refractivity contribution >= 4 is 33.5 Å². The summed E-state index contributed by atoms with van der Waals surface area (Å²) in [5.41, 5.74) is 1.56. The van der Waals surface area contributed by atoms with E-state index in [0.29, 0.717) is 18.2 Å². The van der Waals surface area contributed by atoms with Gasteiger partial charge in [-0.3, -0.25) is 4.90 Å². The second-order valence-electron chi connectivity index (χ2n) is 8.41. The molecule has 0 saturated carbocycles. The number of aliphatic carboxylic acids is 1. The number of nitrogens with one attached hydrogen (secondary N) is 1. The molecule has 1 spiro atoms. The van der Waals surface area contributed by atoms with Crippen LogP contribution in [0.25, 0.3) is 0 Å². The number of carboxylic acids is 1. The average molecular weight is 536 g/mol. The zero-order chi connectivity index (χ0) is 26.0. The first-order valence-corrected chi connectivity index (χ1v) is 12.4. The lowest BCUT2D eigenvalue weighted by Crippen LogP contribution is -2.53. The number of hydrogen-bond donors (Lipinski definition) is 2. The Morgan fingerprint density at radius 1 is 1.29 bits per heavy atom. The maximum Gasteiger partial charge on any atom is 0.490 e. The van der Waals surface area contributed by atoms with E-state index in [2.05, 4.69) is 26.3 Å². The summed E-state index contributed by atoms with van der Waals surface area (Å²) in [4.78, 5) is 20.3. The third-order valence-electron chi connectivity index (χ3n) is 6.05. The monoisotopic (exact) mass is 535 g/mol. The molecule has 2 N–H and O–H groups in total. The maximum atomic E-state index is 12.8.